The number of hydrogen-bond acceptors (Lipinski definition) is 4. The smallest absolute Gasteiger partial charge is 0.294 e. The Balaban J connectivity index is 1.84. The predicted octanol–water partition coefficient (Wildman–Crippen LogP) is 5.60. The summed E-state index contributed by atoms with van der Waals surface area (Å²) in [5, 5.41) is 12.2. The van der Waals surface area contributed by atoms with Gasteiger partial charge in [-0.05, 0) is 64.2 Å². The van der Waals surface area contributed by atoms with Gasteiger partial charge in [0.25, 0.3) is 5.09 Å². The van der Waals surface area contributed by atoms with Gasteiger partial charge in [0.1, 0.15) is 0 Å². The third-order valence-electron chi connectivity index (χ3n) is 4.41. The zero-order valence-corrected chi connectivity index (χ0v) is 17.5. The van der Waals surface area contributed by atoms with Crippen LogP contribution in [0.15, 0.2) is 48.6 Å². The fourth-order valence-corrected chi connectivity index (χ4v) is 2.64. The van der Waals surface area contributed by atoms with Gasteiger partial charge >= 0.3 is 0 Å². The van der Waals surface area contributed by atoms with Crippen molar-refractivity contribution in [1.29, 1.82) is 0 Å². The molecule has 0 aliphatic heterocycles. The van der Waals surface area contributed by atoms with Gasteiger partial charge < -0.3 is 10.2 Å². The molecule has 0 unspecified atom stereocenters. The summed E-state index contributed by atoms with van der Waals surface area (Å²) in [6.07, 6.45) is 28.6. The van der Waals surface area contributed by atoms with Gasteiger partial charge in [-0.25, -0.2) is 0 Å². The molecule has 1 rings (SSSR count). The Morgan fingerprint density at radius 3 is 1.97 bits per heavy atom. The van der Waals surface area contributed by atoms with Crippen LogP contribution in [0.25, 0.3) is 0 Å². The van der Waals surface area contributed by atoms with Crippen LogP contribution in [0.3, 0.4) is 0 Å². The third kappa shape index (κ3) is 18.7. The second-order valence-corrected chi connectivity index (χ2v) is 7.23. The fourth-order valence-electron chi connectivity index (χ4n) is 2.64. The van der Waals surface area contributed by atoms with E-state index >= 15 is 0 Å². The molecule has 1 N–H and O–H groups in total. The molecule has 6 nitrogen and oxygen atoms in total. The van der Waals surface area contributed by atoms with Crippen LogP contribution in [0.2, 0.25) is 0 Å². The van der Waals surface area contributed by atoms with Crippen LogP contribution in [0.1, 0.15) is 77.0 Å². The summed E-state index contributed by atoms with van der Waals surface area (Å²) in [5.74, 6) is 0.197. The number of nitrogens with one attached hydrogen (secondary N) is 1. The lowest BCUT2D eigenvalue weighted by atomic mass is 10.2. The average molecular weight is 405 g/mol. The monoisotopic (exact) mass is 404 g/mol. The first kappa shape index (κ1) is 24.7. The Labute approximate surface area is 174 Å². The van der Waals surface area contributed by atoms with Gasteiger partial charge in [-0.3, -0.25) is 4.79 Å². The first-order chi connectivity index (χ1) is 14.2. The SMILES string of the molecule is O=C(CCCC=CCC=CCC=CCC=CCCCCCO[N+](=O)[O-])NC1CC1. The second kappa shape index (κ2) is 17.7. The summed E-state index contributed by atoms with van der Waals surface area (Å²) < 4.78 is 0. The van der Waals surface area contributed by atoms with Crippen molar-refractivity contribution in [1.82, 2.24) is 5.32 Å². The van der Waals surface area contributed by atoms with Crippen LogP contribution in [0.4, 0.5) is 0 Å². The number of nitrogens with zero attached hydrogens (tertiary/aromatic N) is 1. The molecular weight excluding hydrogens is 368 g/mol. The Morgan fingerprint density at radius 2 is 1.41 bits per heavy atom. The molecule has 1 amide bonds. The predicted molar refractivity (Wildman–Crippen MR) is 117 cm³/mol. The highest BCUT2D eigenvalue weighted by atomic mass is 16.9. The van der Waals surface area contributed by atoms with Gasteiger partial charge in [-0.1, -0.05) is 55.0 Å². The van der Waals surface area contributed by atoms with E-state index < -0.39 is 5.09 Å². The number of carbonyl (C=O) groups excluding carboxylic acids is 1. The lowest BCUT2D eigenvalue weighted by Gasteiger charge is -2.00. The van der Waals surface area contributed by atoms with E-state index in [1.165, 1.54) is 0 Å². The van der Waals surface area contributed by atoms with E-state index in [0.29, 0.717) is 12.5 Å². The quantitative estimate of drug-likeness (QED) is 0.140. The Hall–Kier alpha value is -2.37. The van der Waals surface area contributed by atoms with Crippen molar-refractivity contribution < 1.29 is 14.7 Å². The van der Waals surface area contributed by atoms with E-state index in [1.54, 1.807) is 0 Å². The Morgan fingerprint density at radius 1 is 0.862 bits per heavy atom. The summed E-state index contributed by atoms with van der Waals surface area (Å²) in [6, 6.07) is 0.468. The van der Waals surface area contributed by atoms with Crippen molar-refractivity contribution in [2.45, 2.75) is 83.1 Å². The first-order valence-electron chi connectivity index (χ1n) is 10.8. The molecule has 0 heterocycles. The van der Waals surface area contributed by atoms with Crippen LogP contribution < -0.4 is 5.32 Å². The maximum Gasteiger partial charge on any atom is 0.294 e. The van der Waals surface area contributed by atoms with Gasteiger partial charge in [0.05, 0.1) is 6.61 Å². The molecule has 1 aliphatic carbocycles. The number of unbranched alkanes of at least 4 members (excludes halogenated alkanes) is 4. The molecule has 0 spiro atoms. The Kier molecular flexibility index (Phi) is 15.1. The fraction of sp³-hybridized carbons (Fsp3) is 0.609. The minimum absolute atomic E-state index is 0.196. The van der Waals surface area contributed by atoms with E-state index in [-0.39, 0.29) is 12.5 Å². The zero-order chi connectivity index (χ0) is 21.0. The maximum absolute atomic E-state index is 11.5. The molecule has 6 heteroatoms. The number of amides is 1. The molecule has 0 aromatic carbocycles. The average Bonchev–Trinajstić information content (AvgIpc) is 3.50. The maximum atomic E-state index is 11.5. The highest BCUT2D eigenvalue weighted by Crippen LogP contribution is 2.18. The van der Waals surface area contributed by atoms with Crippen molar-refractivity contribution in [2.24, 2.45) is 0 Å². The van der Waals surface area contributed by atoms with Crippen LogP contribution in [-0.4, -0.2) is 23.6 Å². The second-order valence-electron chi connectivity index (χ2n) is 7.23. The normalized spacial score (nSPS) is 14.5. The summed E-state index contributed by atoms with van der Waals surface area (Å²) in [5.41, 5.74) is 0. The molecular formula is C23H36N2O4. The van der Waals surface area contributed by atoms with Gasteiger partial charge in [0.2, 0.25) is 5.91 Å². The molecule has 1 aliphatic rings. The van der Waals surface area contributed by atoms with Crippen molar-refractivity contribution in [2.75, 3.05) is 6.61 Å². The molecule has 0 radical (unpaired) electrons. The molecule has 162 valence electrons. The van der Waals surface area contributed by atoms with E-state index in [2.05, 4.69) is 58.8 Å². The lowest BCUT2D eigenvalue weighted by molar-refractivity contribution is -0.757. The number of hydrogen-bond donors (Lipinski definition) is 1. The van der Waals surface area contributed by atoms with E-state index in [1.807, 2.05) is 0 Å². The van der Waals surface area contributed by atoms with Crippen molar-refractivity contribution in [3.8, 4) is 0 Å². The van der Waals surface area contributed by atoms with E-state index in [4.69, 9.17) is 0 Å². The molecule has 0 aromatic heterocycles. The molecule has 0 atom stereocenters. The minimum Gasteiger partial charge on any atom is -0.353 e. The number of carbonyl (C=O) groups is 1. The topological polar surface area (TPSA) is 81.5 Å². The zero-order valence-electron chi connectivity index (χ0n) is 17.5. The number of rotatable bonds is 18. The van der Waals surface area contributed by atoms with Crippen LogP contribution in [-0.2, 0) is 9.63 Å². The van der Waals surface area contributed by atoms with Gasteiger partial charge in [0, 0.05) is 12.5 Å². The minimum atomic E-state index is -0.737. The highest BCUT2D eigenvalue weighted by molar-refractivity contribution is 5.76. The molecule has 0 aromatic rings. The van der Waals surface area contributed by atoms with Crippen LogP contribution in [0, 0.1) is 10.1 Å². The van der Waals surface area contributed by atoms with Gasteiger partial charge in [-0.2, -0.15) is 0 Å². The van der Waals surface area contributed by atoms with Gasteiger partial charge in [0.15, 0.2) is 0 Å². The first-order valence-corrected chi connectivity index (χ1v) is 10.8. The summed E-state index contributed by atoms with van der Waals surface area (Å²) in [7, 11) is 0. The third-order valence-corrected chi connectivity index (χ3v) is 4.41. The summed E-state index contributed by atoms with van der Waals surface area (Å²) in [6.45, 7) is 0.196. The van der Waals surface area contributed by atoms with Crippen LogP contribution in [0.5, 0.6) is 0 Å². The van der Waals surface area contributed by atoms with Crippen molar-refractivity contribution >= 4 is 5.91 Å². The van der Waals surface area contributed by atoms with Crippen molar-refractivity contribution in [3.05, 3.63) is 58.7 Å². The largest absolute Gasteiger partial charge is 0.353 e. The van der Waals surface area contributed by atoms with Gasteiger partial charge in [-0.15, -0.1) is 10.1 Å². The molecule has 0 bridgehead atoms. The number of allylic oxidation sites excluding steroid dienone is 8. The molecule has 29 heavy (non-hydrogen) atoms. The van der Waals surface area contributed by atoms with Crippen LogP contribution >= 0.6 is 0 Å². The summed E-state index contributed by atoms with van der Waals surface area (Å²) in [4.78, 5) is 25.8. The standard InChI is InChI=1S/C23H36N2O4/c26-23(24-22-19-20-22)18-16-14-12-10-8-6-4-2-1-3-5-7-9-11-13-15-17-21-29-25(27)28/h1,3-4,6-7,9-10,12,22H,2,5,8,11,13-21H2,(H,24,26). The highest BCUT2D eigenvalue weighted by Gasteiger charge is 2.22. The lowest BCUT2D eigenvalue weighted by Crippen LogP contribution is -2.24. The molecule has 1 fully saturated rings. The van der Waals surface area contributed by atoms with E-state index in [0.717, 1.165) is 70.6 Å². The summed E-state index contributed by atoms with van der Waals surface area (Å²) >= 11 is 0. The Bertz CT molecular complexity index is 563. The van der Waals surface area contributed by atoms with Crippen molar-refractivity contribution in [3.63, 3.8) is 0 Å². The van der Waals surface area contributed by atoms with E-state index in [9.17, 15) is 14.9 Å². The molecule has 0 saturated heterocycles. The molecule has 1 saturated carbocycles.